The van der Waals surface area contributed by atoms with Crippen molar-refractivity contribution in [1.29, 1.82) is 0 Å². The number of nitrogens with one attached hydrogen (secondary N) is 1. The van der Waals surface area contributed by atoms with E-state index in [1.807, 2.05) is 32.2 Å². The lowest BCUT2D eigenvalue weighted by molar-refractivity contribution is 0.170. The number of aryl methyl sites for hydroxylation is 2. The molecule has 1 aromatic heterocycles. The van der Waals surface area contributed by atoms with Gasteiger partial charge < -0.3 is 15.2 Å². The van der Waals surface area contributed by atoms with Crippen LogP contribution in [0.25, 0.3) is 0 Å². The fourth-order valence-electron chi connectivity index (χ4n) is 2.16. The Balaban J connectivity index is 1.84. The molecule has 0 spiro atoms. The van der Waals surface area contributed by atoms with Crippen LogP contribution in [0, 0.1) is 6.92 Å². The number of nitrogens with zero attached hydrogens (tertiary/aromatic N) is 3. The van der Waals surface area contributed by atoms with Gasteiger partial charge in [0.2, 0.25) is 0 Å². The SMILES string of the molecule is COc1ccc(C)cc1C(O)CNCCc1ncn(C)n1. The van der Waals surface area contributed by atoms with Gasteiger partial charge in [0.25, 0.3) is 0 Å². The molecule has 2 aromatic rings. The first kappa shape index (κ1) is 15.5. The topological polar surface area (TPSA) is 72.2 Å². The average Bonchev–Trinajstić information content (AvgIpc) is 2.89. The second kappa shape index (κ2) is 7.19. The summed E-state index contributed by atoms with van der Waals surface area (Å²) in [7, 11) is 3.46. The van der Waals surface area contributed by atoms with Gasteiger partial charge in [-0.25, -0.2) is 4.98 Å². The van der Waals surface area contributed by atoms with Gasteiger partial charge in [-0.15, -0.1) is 0 Å². The van der Waals surface area contributed by atoms with E-state index in [9.17, 15) is 5.11 Å². The number of aliphatic hydroxyl groups is 1. The van der Waals surface area contributed by atoms with E-state index in [0.717, 1.165) is 29.9 Å². The van der Waals surface area contributed by atoms with E-state index in [4.69, 9.17) is 4.74 Å². The Bertz CT molecular complexity index is 583. The molecule has 0 radical (unpaired) electrons. The summed E-state index contributed by atoms with van der Waals surface area (Å²) >= 11 is 0. The van der Waals surface area contributed by atoms with E-state index in [-0.39, 0.29) is 0 Å². The van der Waals surface area contributed by atoms with Crippen molar-refractivity contribution >= 4 is 0 Å². The van der Waals surface area contributed by atoms with Crippen LogP contribution in [0.2, 0.25) is 0 Å². The van der Waals surface area contributed by atoms with Crippen molar-refractivity contribution in [2.75, 3.05) is 20.2 Å². The molecule has 0 amide bonds. The second-order valence-corrected chi connectivity index (χ2v) is 5.05. The van der Waals surface area contributed by atoms with Crippen LogP contribution < -0.4 is 10.1 Å². The minimum absolute atomic E-state index is 0.465. The molecule has 6 nitrogen and oxygen atoms in total. The predicted octanol–water partition coefficient (Wildman–Crippen LogP) is 0.998. The Labute approximate surface area is 124 Å². The molecule has 0 saturated carbocycles. The highest BCUT2D eigenvalue weighted by molar-refractivity contribution is 5.38. The molecular weight excluding hydrogens is 268 g/mol. The van der Waals surface area contributed by atoms with Crippen LogP contribution in [0.15, 0.2) is 24.5 Å². The van der Waals surface area contributed by atoms with Crippen LogP contribution in [0.4, 0.5) is 0 Å². The lowest BCUT2D eigenvalue weighted by Gasteiger charge is -2.16. The van der Waals surface area contributed by atoms with Crippen LogP contribution >= 0.6 is 0 Å². The fraction of sp³-hybridized carbons (Fsp3) is 0.467. The molecule has 0 aliphatic heterocycles. The summed E-state index contributed by atoms with van der Waals surface area (Å²) in [6.07, 6.45) is 1.82. The third kappa shape index (κ3) is 4.27. The standard InChI is InChI=1S/C15H22N4O2/c1-11-4-5-14(21-3)12(8-11)13(20)9-16-7-6-15-17-10-19(2)18-15/h4-5,8,10,13,16,20H,6-7,9H2,1-3H3. The van der Waals surface area contributed by atoms with E-state index < -0.39 is 6.10 Å². The van der Waals surface area contributed by atoms with Crippen molar-refractivity contribution in [2.24, 2.45) is 7.05 Å². The summed E-state index contributed by atoms with van der Waals surface area (Å²) in [5.41, 5.74) is 1.91. The van der Waals surface area contributed by atoms with Gasteiger partial charge in [0, 0.05) is 32.1 Å². The predicted molar refractivity (Wildman–Crippen MR) is 80.3 cm³/mol. The summed E-state index contributed by atoms with van der Waals surface area (Å²) in [6, 6.07) is 5.80. The maximum absolute atomic E-state index is 10.3. The van der Waals surface area contributed by atoms with E-state index in [2.05, 4.69) is 15.4 Å². The van der Waals surface area contributed by atoms with E-state index in [1.165, 1.54) is 0 Å². The summed E-state index contributed by atoms with van der Waals surface area (Å²) < 4.78 is 6.97. The smallest absolute Gasteiger partial charge is 0.151 e. The first-order valence-electron chi connectivity index (χ1n) is 6.98. The second-order valence-electron chi connectivity index (χ2n) is 5.05. The quantitative estimate of drug-likeness (QED) is 0.744. The van der Waals surface area contributed by atoms with E-state index in [1.54, 1.807) is 18.1 Å². The van der Waals surface area contributed by atoms with Crippen molar-refractivity contribution in [3.8, 4) is 5.75 Å². The maximum atomic E-state index is 10.3. The Morgan fingerprint density at radius 3 is 2.90 bits per heavy atom. The van der Waals surface area contributed by atoms with Crippen molar-refractivity contribution in [1.82, 2.24) is 20.1 Å². The lowest BCUT2D eigenvalue weighted by atomic mass is 10.1. The number of aromatic nitrogens is 3. The molecule has 2 N–H and O–H groups in total. The van der Waals surface area contributed by atoms with Crippen molar-refractivity contribution in [3.05, 3.63) is 41.5 Å². The van der Waals surface area contributed by atoms with Crippen LogP contribution in [0.3, 0.4) is 0 Å². The molecule has 21 heavy (non-hydrogen) atoms. The third-order valence-electron chi connectivity index (χ3n) is 3.25. The summed E-state index contributed by atoms with van der Waals surface area (Å²) in [5.74, 6) is 1.51. The molecule has 1 atom stereocenters. The lowest BCUT2D eigenvalue weighted by Crippen LogP contribution is -2.24. The summed E-state index contributed by atoms with van der Waals surface area (Å²) in [6.45, 7) is 3.18. The normalized spacial score (nSPS) is 12.4. The molecule has 6 heteroatoms. The monoisotopic (exact) mass is 290 g/mol. The first-order chi connectivity index (χ1) is 10.1. The van der Waals surface area contributed by atoms with Gasteiger partial charge >= 0.3 is 0 Å². The van der Waals surface area contributed by atoms with Crippen LogP contribution in [-0.4, -0.2) is 40.1 Å². The zero-order valence-corrected chi connectivity index (χ0v) is 12.7. The molecule has 1 heterocycles. The van der Waals surface area contributed by atoms with Crippen molar-refractivity contribution in [2.45, 2.75) is 19.4 Å². The Kier molecular flexibility index (Phi) is 5.30. The van der Waals surface area contributed by atoms with Crippen LogP contribution in [-0.2, 0) is 13.5 Å². The number of methoxy groups -OCH3 is 1. The molecule has 2 rings (SSSR count). The van der Waals surface area contributed by atoms with Gasteiger partial charge in [-0.2, -0.15) is 5.10 Å². The van der Waals surface area contributed by atoms with Gasteiger partial charge in [-0.3, -0.25) is 4.68 Å². The number of aliphatic hydroxyl groups excluding tert-OH is 1. The highest BCUT2D eigenvalue weighted by atomic mass is 16.5. The molecule has 1 aromatic carbocycles. The van der Waals surface area contributed by atoms with Gasteiger partial charge in [0.1, 0.15) is 12.1 Å². The number of ether oxygens (including phenoxy) is 1. The van der Waals surface area contributed by atoms with Gasteiger partial charge in [0.15, 0.2) is 5.82 Å². The van der Waals surface area contributed by atoms with Crippen molar-refractivity contribution in [3.63, 3.8) is 0 Å². The summed E-state index contributed by atoms with van der Waals surface area (Å²) in [4.78, 5) is 4.16. The molecule has 0 aliphatic rings. The largest absolute Gasteiger partial charge is 0.496 e. The summed E-state index contributed by atoms with van der Waals surface area (Å²) in [5, 5.41) is 17.7. The Hall–Kier alpha value is -1.92. The average molecular weight is 290 g/mol. The molecule has 1 unspecified atom stereocenters. The van der Waals surface area contributed by atoms with Crippen molar-refractivity contribution < 1.29 is 9.84 Å². The highest BCUT2D eigenvalue weighted by Crippen LogP contribution is 2.25. The number of hydrogen-bond acceptors (Lipinski definition) is 5. The zero-order valence-electron chi connectivity index (χ0n) is 12.7. The third-order valence-corrected chi connectivity index (χ3v) is 3.25. The zero-order chi connectivity index (χ0) is 15.2. The minimum Gasteiger partial charge on any atom is -0.496 e. The molecule has 114 valence electrons. The van der Waals surface area contributed by atoms with Gasteiger partial charge in [-0.1, -0.05) is 11.6 Å². The number of hydrogen-bond donors (Lipinski definition) is 2. The number of rotatable bonds is 7. The Morgan fingerprint density at radius 2 is 2.24 bits per heavy atom. The maximum Gasteiger partial charge on any atom is 0.151 e. The van der Waals surface area contributed by atoms with E-state index in [0.29, 0.717) is 12.3 Å². The number of benzene rings is 1. The molecule has 0 fully saturated rings. The van der Waals surface area contributed by atoms with E-state index >= 15 is 0 Å². The Morgan fingerprint density at radius 1 is 1.43 bits per heavy atom. The van der Waals surface area contributed by atoms with Crippen LogP contribution in [0.5, 0.6) is 5.75 Å². The molecule has 0 aliphatic carbocycles. The first-order valence-corrected chi connectivity index (χ1v) is 6.98. The van der Waals surface area contributed by atoms with Gasteiger partial charge in [-0.05, 0) is 19.1 Å². The van der Waals surface area contributed by atoms with Gasteiger partial charge in [0.05, 0.1) is 13.2 Å². The van der Waals surface area contributed by atoms with Crippen LogP contribution in [0.1, 0.15) is 23.1 Å². The molecular formula is C15H22N4O2. The minimum atomic E-state index is -0.600. The molecule has 0 saturated heterocycles. The highest BCUT2D eigenvalue weighted by Gasteiger charge is 2.13. The fourth-order valence-corrected chi connectivity index (χ4v) is 2.16. The molecule has 0 bridgehead atoms.